The summed E-state index contributed by atoms with van der Waals surface area (Å²) in [5.41, 5.74) is -0.534. The third-order valence-corrected chi connectivity index (χ3v) is 7.87. The first-order valence-electron chi connectivity index (χ1n) is 14.0. The second-order valence-electron chi connectivity index (χ2n) is 12.3. The van der Waals surface area contributed by atoms with Crippen molar-refractivity contribution in [2.75, 3.05) is 19.8 Å². The van der Waals surface area contributed by atoms with E-state index in [0.717, 1.165) is 18.4 Å². The van der Waals surface area contributed by atoms with Gasteiger partial charge >= 0.3 is 7.82 Å². The van der Waals surface area contributed by atoms with Gasteiger partial charge in [0.2, 0.25) is 5.91 Å². The number of benzene rings is 2. The van der Waals surface area contributed by atoms with Crippen molar-refractivity contribution in [1.82, 2.24) is 5.32 Å². The van der Waals surface area contributed by atoms with Gasteiger partial charge < -0.3 is 15.2 Å². The second-order valence-corrected chi connectivity index (χ2v) is 13.8. The van der Waals surface area contributed by atoms with E-state index in [4.69, 9.17) is 18.3 Å². The third kappa shape index (κ3) is 13.0. The van der Waals surface area contributed by atoms with Crippen LogP contribution in [0, 0.1) is 0 Å². The molecule has 2 aromatic carbocycles. The minimum absolute atomic E-state index is 0.219. The lowest BCUT2D eigenvalue weighted by molar-refractivity contribution is -0.122. The minimum Gasteiger partial charge on any atom is -0.493 e. The number of carbonyl (C=O) groups excluding carboxylic acids is 1. The largest absolute Gasteiger partial charge is 0.493 e. The highest BCUT2D eigenvalue weighted by Gasteiger charge is 2.41. The lowest BCUT2D eigenvalue weighted by atomic mass is 9.92. The highest BCUT2D eigenvalue weighted by molar-refractivity contribution is 7.48. The topological polar surface area (TPSA) is 103 Å². The van der Waals surface area contributed by atoms with E-state index < -0.39 is 43.8 Å². The van der Waals surface area contributed by atoms with Gasteiger partial charge in [-0.15, -0.1) is 0 Å². The Morgan fingerprint density at radius 1 is 0.951 bits per heavy atom. The lowest BCUT2D eigenvalue weighted by Gasteiger charge is -2.36. The Morgan fingerprint density at radius 3 is 2.12 bits per heavy atom. The second kappa shape index (κ2) is 15.3. The number of aliphatic hydroxyl groups excluding tert-OH is 1. The van der Waals surface area contributed by atoms with Crippen LogP contribution < -0.4 is 10.1 Å². The van der Waals surface area contributed by atoms with Crippen molar-refractivity contribution >= 4 is 13.7 Å². The molecule has 0 aromatic heterocycles. The van der Waals surface area contributed by atoms with Gasteiger partial charge in [0, 0.05) is 12.5 Å². The van der Waals surface area contributed by atoms with Crippen molar-refractivity contribution in [1.29, 1.82) is 0 Å². The van der Waals surface area contributed by atoms with Crippen molar-refractivity contribution in [3.8, 4) is 5.75 Å². The van der Waals surface area contributed by atoms with Crippen LogP contribution in [0.3, 0.4) is 0 Å². The fraction of sp³-hybridized carbons (Fsp3) is 0.581. The summed E-state index contributed by atoms with van der Waals surface area (Å²) in [6, 6.07) is 15.4. The van der Waals surface area contributed by atoms with Crippen LogP contribution in [0.15, 0.2) is 48.5 Å². The van der Waals surface area contributed by atoms with Crippen LogP contribution in [0.4, 0.5) is 4.39 Å². The molecular formula is C31H47FNO7P. The summed E-state index contributed by atoms with van der Waals surface area (Å²) in [6.45, 7) is 10.6. The third-order valence-electron chi connectivity index (χ3n) is 5.89. The molecule has 0 aliphatic carbocycles. The van der Waals surface area contributed by atoms with E-state index in [9.17, 15) is 18.9 Å². The minimum atomic E-state index is -4.09. The number of phosphoric ester groups is 1. The summed E-state index contributed by atoms with van der Waals surface area (Å²) in [4.78, 5) is 12.1. The van der Waals surface area contributed by atoms with Crippen LogP contribution in [-0.4, -0.2) is 47.6 Å². The first kappa shape index (κ1) is 34.9. The molecule has 41 heavy (non-hydrogen) atoms. The number of nitrogens with one attached hydrogen (secondary N) is 1. The average Bonchev–Trinajstić information content (AvgIpc) is 2.87. The van der Waals surface area contributed by atoms with Gasteiger partial charge in [0.15, 0.2) is 0 Å². The van der Waals surface area contributed by atoms with E-state index in [1.54, 1.807) is 53.7 Å². The quantitative estimate of drug-likeness (QED) is 0.164. The Hall–Kier alpha value is -2.29. The molecule has 1 atom stereocenters. The van der Waals surface area contributed by atoms with E-state index in [1.807, 2.05) is 24.3 Å². The molecule has 2 rings (SSSR count). The Morgan fingerprint density at radius 2 is 1.59 bits per heavy atom. The van der Waals surface area contributed by atoms with Crippen LogP contribution >= 0.6 is 7.82 Å². The van der Waals surface area contributed by atoms with Crippen molar-refractivity contribution < 1.29 is 37.2 Å². The smallest absolute Gasteiger partial charge is 0.475 e. The molecule has 8 nitrogen and oxygen atoms in total. The number of phosphoric acid groups is 1. The molecule has 1 unspecified atom stereocenters. The highest BCUT2D eigenvalue weighted by Crippen LogP contribution is 2.55. The van der Waals surface area contributed by atoms with Gasteiger partial charge in [-0.1, -0.05) is 36.4 Å². The Bertz CT molecular complexity index is 1130. The maximum absolute atomic E-state index is 13.9. The molecule has 230 valence electrons. The number of aryl methyl sites for hydroxylation is 2. The number of hydrogen-bond acceptors (Lipinski definition) is 7. The molecule has 0 aliphatic rings. The van der Waals surface area contributed by atoms with E-state index in [1.165, 1.54) is 12.5 Å². The number of rotatable bonds is 16. The fourth-order valence-electron chi connectivity index (χ4n) is 4.17. The number of halogens is 1. The molecule has 10 heteroatoms. The summed E-state index contributed by atoms with van der Waals surface area (Å²) in [5, 5.41) is 13.1. The lowest BCUT2D eigenvalue weighted by Crippen LogP contribution is -2.54. The van der Waals surface area contributed by atoms with E-state index >= 15 is 0 Å². The molecule has 0 bridgehead atoms. The Labute approximate surface area is 244 Å². The van der Waals surface area contributed by atoms with E-state index in [2.05, 4.69) is 17.4 Å². The van der Waals surface area contributed by atoms with Crippen LogP contribution in [0.2, 0.25) is 0 Å². The van der Waals surface area contributed by atoms with Gasteiger partial charge in [-0.2, -0.15) is 0 Å². The SMILES string of the molecule is CC(=O)NC(CO)(CCc1ccc(OCCCc2ccccc2)c(CF)c1)COP(=O)(OC(C)(C)C)OC(C)(C)C. The van der Waals surface area contributed by atoms with Gasteiger partial charge in [0.05, 0.1) is 36.6 Å². The summed E-state index contributed by atoms with van der Waals surface area (Å²) < 4.78 is 50.4. The zero-order valence-electron chi connectivity index (χ0n) is 25.5. The molecule has 1 amide bonds. The zero-order valence-corrected chi connectivity index (χ0v) is 26.4. The van der Waals surface area contributed by atoms with E-state index in [0.29, 0.717) is 24.3 Å². The molecule has 0 aliphatic heterocycles. The standard InChI is InChI=1S/C31H47FNO7P/c1-24(35)33-31(22-34,23-38-41(36,39-29(2,3)4)40-30(5,6)7)18-17-26-15-16-28(27(20-26)21-32)37-19-11-14-25-12-9-8-10-13-25/h8-10,12-13,15-16,20,34H,11,14,17-19,21-23H2,1-7H3,(H,33,35). The Kier molecular flexibility index (Phi) is 13.0. The molecule has 2 N–H and O–H groups in total. The fourth-order valence-corrected chi connectivity index (χ4v) is 6.06. The van der Waals surface area contributed by atoms with Crippen molar-refractivity contribution in [2.24, 2.45) is 0 Å². The number of hydrogen-bond donors (Lipinski definition) is 2. The summed E-state index contributed by atoms with van der Waals surface area (Å²) in [6.07, 6.45) is 2.26. The van der Waals surface area contributed by atoms with E-state index in [-0.39, 0.29) is 13.0 Å². The van der Waals surface area contributed by atoms with Gasteiger partial charge in [-0.3, -0.25) is 18.4 Å². The predicted octanol–water partition coefficient (Wildman–Crippen LogP) is 6.72. The summed E-state index contributed by atoms with van der Waals surface area (Å²) in [7, 11) is -4.09. The molecule has 0 saturated heterocycles. The first-order chi connectivity index (χ1) is 19.1. The molecular weight excluding hydrogens is 548 g/mol. The first-order valence-corrected chi connectivity index (χ1v) is 15.4. The molecule has 0 saturated carbocycles. The maximum Gasteiger partial charge on any atom is 0.475 e. The maximum atomic E-state index is 13.9. The zero-order chi connectivity index (χ0) is 30.7. The number of alkyl halides is 1. The van der Waals surface area contributed by atoms with Crippen LogP contribution in [-0.2, 0) is 42.4 Å². The number of amides is 1. The molecule has 0 fully saturated rings. The number of carbonyl (C=O) groups is 1. The molecule has 0 heterocycles. The number of aliphatic hydroxyl groups is 1. The predicted molar refractivity (Wildman–Crippen MR) is 159 cm³/mol. The summed E-state index contributed by atoms with van der Waals surface area (Å²) in [5.74, 6) is 0.0946. The van der Waals surface area contributed by atoms with Crippen molar-refractivity contribution in [3.63, 3.8) is 0 Å². The van der Waals surface area contributed by atoms with Crippen molar-refractivity contribution in [2.45, 2.75) is 97.6 Å². The number of ether oxygens (including phenoxy) is 1. The molecule has 2 aromatic rings. The van der Waals surface area contributed by atoms with Gasteiger partial charge in [0.25, 0.3) is 0 Å². The van der Waals surface area contributed by atoms with Gasteiger partial charge in [-0.05, 0) is 90.5 Å². The highest BCUT2D eigenvalue weighted by atomic mass is 31.2. The van der Waals surface area contributed by atoms with Crippen LogP contribution in [0.1, 0.15) is 78.0 Å². The van der Waals surface area contributed by atoms with Crippen molar-refractivity contribution in [3.05, 3.63) is 65.2 Å². The monoisotopic (exact) mass is 595 g/mol. The molecule has 0 spiro atoms. The van der Waals surface area contributed by atoms with Crippen LogP contribution in [0.25, 0.3) is 0 Å². The molecule has 0 radical (unpaired) electrons. The van der Waals surface area contributed by atoms with Crippen LogP contribution in [0.5, 0.6) is 5.75 Å². The normalized spacial score (nSPS) is 14.0. The Balaban J connectivity index is 2.12. The van der Waals surface area contributed by atoms with Gasteiger partial charge in [0.1, 0.15) is 12.4 Å². The van der Waals surface area contributed by atoms with Gasteiger partial charge in [-0.25, -0.2) is 8.96 Å². The summed E-state index contributed by atoms with van der Waals surface area (Å²) >= 11 is 0. The average molecular weight is 596 g/mol.